The van der Waals surface area contributed by atoms with E-state index in [2.05, 4.69) is 31.2 Å². The molecule has 2 nitrogen and oxygen atoms in total. The monoisotopic (exact) mass is 283 g/mol. The Bertz CT molecular complexity index is 644. The fourth-order valence-electron chi connectivity index (χ4n) is 2.04. The van der Waals surface area contributed by atoms with Gasteiger partial charge in [-0.15, -0.1) is 11.8 Å². The molecular weight excluding hydrogens is 266 g/mol. The van der Waals surface area contributed by atoms with Crippen molar-refractivity contribution in [2.45, 2.75) is 30.6 Å². The van der Waals surface area contributed by atoms with Gasteiger partial charge in [0.2, 0.25) is 0 Å². The number of hydrogen-bond donors (Lipinski definition) is 1. The van der Waals surface area contributed by atoms with Crippen molar-refractivity contribution in [1.82, 2.24) is 0 Å². The third-order valence-corrected chi connectivity index (χ3v) is 4.21. The third-order valence-electron chi connectivity index (χ3n) is 3.07. The number of benzene rings is 2. The van der Waals surface area contributed by atoms with E-state index >= 15 is 0 Å². The maximum atomic E-state index is 9.81. The molecule has 1 N–H and O–H groups in total. The molecule has 2 aromatic carbocycles. The minimum absolute atomic E-state index is 0.525. The van der Waals surface area contributed by atoms with Crippen molar-refractivity contribution in [2.75, 3.05) is 0 Å². The van der Waals surface area contributed by atoms with Crippen LogP contribution in [-0.4, -0.2) is 5.11 Å². The van der Waals surface area contributed by atoms with Crippen molar-refractivity contribution in [1.29, 1.82) is 5.26 Å². The molecule has 20 heavy (non-hydrogen) atoms. The molecule has 0 radical (unpaired) electrons. The molecule has 0 saturated carbocycles. The van der Waals surface area contributed by atoms with E-state index in [1.165, 1.54) is 11.1 Å². The third kappa shape index (κ3) is 3.63. The van der Waals surface area contributed by atoms with Gasteiger partial charge >= 0.3 is 0 Å². The molecule has 0 spiro atoms. The molecule has 0 fully saturated rings. The highest BCUT2D eigenvalue weighted by atomic mass is 32.2. The molecule has 1 atom stereocenters. The smallest absolute Gasteiger partial charge is 0.0992 e. The van der Waals surface area contributed by atoms with Crippen LogP contribution in [0.4, 0.5) is 0 Å². The Kier molecular flexibility index (Phi) is 4.84. The number of rotatable bonds is 4. The van der Waals surface area contributed by atoms with Crippen molar-refractivity contribution >= 4 is 11.8 Å². The van der Waals surface area contributed by atoms with E-state index in [4.69, 9.17) is 5.26 Å². The number of aliphatic hydroxyl groups is 1. The summed E-state index contributed by atoms with van der Waals surface area (Å²) < 4.78 is 0. The lowest BCUT2D eigenvalue weighted by Gasteiger charge is -2.12. The van der Waals surface area contributed by atoms with Crippen LogP contribution in [-0.2, 0) is 5.75 Å². The highest BCUT2D eigenvalue weighted by Gasteiger charge is 2.09. The minimum atomic E-state index is -0.525. The van der Waals surface area contributed by atoms with Crippen molar-refractivity contribution in [3.63, 3.8) is 0 Å². The van der Waals surface area contributed by atoms with Gasteiger partial charge in [0.15, 0.2) is 0 Å². The molecule has 0 saturated heterocycles. The zero-order valence-electron chi connectivity index (χ0n) is 11.6. The number of aryl methyl sites for hydroxylation is 1. The first kappa shape index (κ1) is 14.6. The van der Waals surface area contributed by atoms with Crippen LogP contribution >= 0.6 is 11.8 Å². The van der Waals surface area contributed by atoms with Gasteiger partial charge in [0.05, 0.1) is 17.7 Å². The maximum Gasteiger partial charge on any atom is 0.0992 e. The van der Waals surface area contributed by atoms with E-state index in [0.29, 0.717) is 5.56 Å². The van der Waals surface area contributed by atoms with Crippen molar-refractivity contribution in [2.24, 2.45) is 0 Å². The van der Waals surface area contributed by atoms with Crippen LogP contribution in [0.5, 0.6) is 0 Å². The fraction of sp³-hybridized carbons (Fsp3) is 0.235. The number of hydrogen-bond acceptors (Lipinski definition) is 3. The highest BCUT2D eigenvalue weighted by molar-refractivity contribution is 7.98. The second kappa shape index (κ2) is 6.60. The lowest BCUT2D eigenvalue weighted by atomic mass is 10.1. The topological polar surface area (TPSA) is 44.0 Å². The van der Waals surface area contributed by atoms with Gasteiger partial charge in [-0.25, -0.2) is 0 Å². The molecule has 102 valence electrons. The number of nitrogens with zero attached hydrogens (tertiary/aromatic N) is 1. The molecule has 2 aromatic rings. The van der Waals surface area contributed by atoms with E-state index in [-0.39, 0.29) is 0 Å². The summed E-state index contributed by atoms with van der Waals surface area (Å²) in [5.41, 5.74) is 3.99. The second-order valence-electron chi connectivity index (χ2n) is 4.82. The predicted molar refractivity (Wildman–Crippen MR) is 82.5 cm³/mol. The van der Waals surface area contributed by atoms with Crippen LogP contribution in [0.15, 0.2) is 47.4 Å². The van der Waals surface area contributed by atoms with Gasteiger partial charge in [-0.2, -0.15) is 5.26 Å². The Hall–Kier alpha value is -1.76. The largest absolute Gasteiger partial charge is 0.389 e. The molecule has 0 amide bonds. The first-order valence-electron chi connectivity index (χ1n) is 6.50. The first-order chi connectivity index (χ1) is 9.60. The van der Waals surface area contributed by atoms with Gasteiger partial charge in [0, 0.05) is 10.6 Å². The number of aliphatic hydroxyl groups excluding tert-OH is 1. The van der Waals surface area contributed by atoms with Gasteiger partial charge in [0.1, 0.15) is 0 Å². The molecule has 0 unspecified atom stereocenters. The molecule has 3 heteroatoms. The summed E-state index contributed by atoms with van der Waals surface area (Å²) in [6, 6.07) is 16.0. The summed E-state index contributed by atoms with van der Waals surface area (Å²) in [5.74, 6) is 0.830. The summed E-state index contributed by atoms with van der Waals surface area (Å²) in [6.07, 6.45) is -0.525. The normalized spacial score (nSPS) is 11.9. The quantitative estimate of drug-likeness (QED) is 0.855. The van der Waals surface area contributed by atoms with Crippen molar-refractivity contribution in [3.8, 4) is 6.07 Å². The van der Waals surface area contributed by atoms with Gasteiger partial charge in [0.25, 0.3) is 0 Å². The highest BCUT2D eigenvalue weighted by Crippen LogP contribution is 2.31. The summed E-state index contributed by atoms with van der Waals surface area (Å²) in [5, 5.41) is 18.8. The zero-order valence-corrected chi connectivity index (χ0v) is 12.4. The Balaban J connectivity index is 2.21. The zero-order chi connectivity index (χ0) is 14.5. The summed E-state index contributed by atoms with van der Waals surface area (Å²) in [7, 11) is 0. The van der Waals surface area contributed by atoms with Crippen LogP contribution in [0.25, 0.3) is 0 Å². The fourth-order valence-corrected chi connectivity index (χ4v) is 3.15. The Labute approximate surface area is 124 Å². The summed E-state index contributed by atoms with van der Waals surface area (Å²) >= 11 is 1.66. The van der Waals surface area contributed by atoms with Crippen LogP contribution in [0.2, 0.25) is 0 Å². The molecular formula is C17H17NOS. The van der Waals surface area contributed by atoms with E-state index in [0.717, 1.165) is 16.2 Å². The molecule has 0 aromatic heterocycles. The number of nitriles is 1. The lowest BCUT2D eigenvalue weighted by molar-refractivity contribution is 0.196. The molecule has 0 bridgehead atoms. The summed E-state index contributed by atoms with van der Waals surface area (Å²) in [4.78, 5) is 0.973. The molecule has 0 aliphatic heterocycles. The Morgan fingerprint density at radius 2 is 2.05 bits per heavy atom. The van der Waals surface area contributed by atoms with E-state index in [9.17, 15) is 5.11 Å². The average molecular weight is 283 g/mol. The van der Waals surface area contributed by atoms with Crippen molar-refractivity contribution in [3.05, 3.63) is 64.7 Å². The number of thioether (sulfide) groups is 1. The van der Waals surface area contributed by atoms with E-state index in [1.807, 2.05) is 18.2 Å². The molecule has 2 rings (SSSR count). The van der Waals surface area contributed by atoms with E-state index < -0.39 is 6.10 Å². The maximum absolute atomic E-state index is 9.81. The summed E-state index contributed by atoms with van der Waals surface area (Å²) in [6.45, 7) is 3.82. The Morgan fingerprint density at radius 3 is 2.70 bits per heavy atom. The van der Waals surface area contributed by atoms with Crippen molar-refractivity contribution < 1.29 is 5.11 Å². The van der Waals surface area contributed by atoms with Crippen LogP contribution in [0, 0.1) is 18.3 Å². The van der Waals surface area contributed by atoms with Crippen LogP contribution in [0.1, 0.15) is 35.3 Å². The Morgan fingerprint density at radius 1 is 1.25 bits per heavy atom. The van der Waals surface area contributed by atoms with E-state index in [1.54, 1.807) is 24.8 Å². The predicted octanol–water partition coefficient (Wildman–Crippen LogP) is 4.21. The van der Waals surface area contributed by atoms with Gasteiger partial charge in [-0.3, -0.25) is 0 Å². The first-order valence-corrected chi connectivity index (χ1v) is 7.49. The van der Waals surface area contributed by atoms with Crippen LogP contribution < -0.4 is 0 Å². The standard InChI is InChI=1S/C17H17NOS/c1-12-4-3-5-15(8-12)11-20-17-9-14(10-18)6-7-16(17)13(2)19/h3-9,13,19H,11H2,1-2H3/t13-/m1/s1. The molecule has 0 aliphatic carbocycles. The average Bonchev–Trinajstić information content (AvgIpc) is 2.44. The minimum Gasteiger partial charge on any atom is -0.389 e. The molecule has 0 aliphatic rings. The SMILES string of the molecule is Cc1cccc(CSc2cc(C#N)ccc2[C@@H](C)O)c1. The second-order valence-corrected chi connectivity index (χ2v) is 5.84. The van der Waals surface area contributed by atoms with Crippen LogP contribution in [0.3, 0.4) is 0 Å². The van der Waals surface area contributed by atoms with Gasteiger partial charge < -0.3 is 5.11 Å². The van der Waals surface area contributed by atoms with Gasteiger partial charge in [-0.05, 0) is 37.1 Å². The molecule has 0 heterocycles. The van der Waals surface area contributed by atoms with Gasteiger partial charge in [-0.1, -0.05) is 35.9 Å². The lowest BCUT2D eigenvalue weighted by Crippen LogP contribution is -1.95.